The third-order valence-electron chi connectivity index (χ3n) is 5.94. The molecule has 6 rings (SSSR count). The molecule has 5 nitrogen and oxygen atoms in total. The van der Waals surface area contributed by atoms with Gasteiger partial charge in [-0.15, -0.1) is 0 Å². The van der Waals surface area contributed by atoms with Gasteiger partial charge in [0.25, 0.3) is 0 Å². The summed E-state index contributed by atoms with van der Waals surface area (Å²) in [6.07, 6.45) is -0.847. The first-order chi connectivity index (χ1) is 16.2. The first-order valence-electron chi connectivity index (χ1n) is 10.6. The Hall–Kier alpha value is -4.38. The summed E-state index contributed by atoms with van der Waals surface area (Å²) in [5.74, 6) is 0.218. The molecule has 0 aliphatic carbocycles. The van der Waals surface area contributed by atoms with Gasteiger partial charge in [-0.1, -0.05) is 72.8 Å². The second-order valence-corrected chi connectivity index (χ2v) is 7.99. The lowest BCUT2D eigenvalue weighted by atomic mass is 9.99. The van der Waals surface area contributed by atoms with Crippen molar-refractivity contribution in [3.8, 4) is 11.5 Å². The molecule has 5 heteroatoms. The van der Waals surface area contributed by atoms with E-state index in [0.29, 0.717) is 22.6 Å². The van der Waals surface area contributed by atoms with Crippen molar-refractivity contribution in [1.82, 2.24) is 0 Å². The monoisotopic (exact) mass is 434 g/mol. The van der Waals surface area contributed by atoms with Crippen LogP contribution in [0, 0.1) is 0 Å². The molecule has 160 valence electrons. The first-order valence-corrected chi connectivity index (χ1v) is 10.6. The fourth-order valence-corrected chi connectivity index (χ4v) is 4.36. The van der Waals surface area contributed by atoms with Crippen LogP contribution in [0.4, 0.5) is 0 Å². The van der Waals surface area contributed by atoms with Crippen molar-refractivity contribution in [1.29, 1.82) is 0 Å². The highest BCUT2D eigenvalue weighted by atomic mass is 16.6. The van der Waals surface area contributed by atoms with Crippen molar-refractivity contribution in [2.24, 2.45) is 0 Å². The molecule has 2 unspecified atom stereocenters. The van der Waals surface area contributed by atoms with E-state index in [9.17, 15) is 9.59 Å². The maximum absolute atomic E-state index is 12.5. The zero-order valence-electron chi connectivity index (χ0n) is 17.4. The molecule has 4 aromatic carbocycles. The number of hydrogen-bond acceptors (Lipinski definition) is 5. The molecule has 33 heavy (non-hydrogen) atoms. The maximum atomic E-state index is 12.5. The van der Waals surface area contributed by atoms with Crippen molar-refractivity contribution in [2.45, 2.75) is 12.2 Å². The van der Waals surface area contributed by atoms with Crippen LogP contribution < -0.4 is 4.74 Å². The molecule has 2 aliphatic heterocycles. The summed E-state index contributed by atoms with van der Waals surface area (Å²) in [4.78, 5) is 25.0. The molecule has 0 N–H and O–H groups in total. The highest BCUT2D eigenvalue weighted by Crippen LogP contribution is 2.40. The van der Waals surface area contributed by atoms with Crippen LogP contribution in [0.3, 0.4) is 0 Å². The lowest BCUT2D eigenvalue weighted by molar-refractivity contribution is 0.0446. The third kappa shape index (κ3) is 3.34. The van der Waals surface area contributed by atoms with E-state index in [0.717, 1.165) is 22.3 Å². The van der Waals surface area contributed by atoms with Gasteiger partial charge in [-0.25, -0.2) is 9.59 Å². The number of fused-ring (bicyclic) bond motifs is 2. The zero-order valence-corrected chi connectivity index (χ0v) is 17.4. The quantitative estimate of drug-likeness (QED) is 0.369. The number of cyclic esters (lactones) is 2. The molecule has 0 bridgehead atoms. The summed E-state index contributed by atoms with van der Waals surface area (Å²) in [6.45, 7) is 0. The van der Waals surface area contributed by atoms with Crippen molar-refractivity contribution < 1.29 is 23.8 Å². The zero-order chi connectivity index (χ0) is 22.4. The van der Waals surface area contributed by atoms with Crippen LogP contribution in [0.15, 0.2) is 97.1 Å². The molecule has 0 saturated heterocycles. The van der Waals surface area contributed by atoms with Gasteiger partial charge >= 0.3 is 11.9 Å². The highest BCUT2D eigenvalue weighted by Gasteiger charge is 2.34. The largest absolute Gasteiger partial charge is 0.457 e. The standard InChI is InChI=1S/C28H18O5/c29-27-23-15-19(11-13-21(23)25(32-27)17-7-3-1-4-8-17)31-20-12-14-22-24(16-20)28(30)33-26(22)18-9-5-2-6-10-18/h1-16,25-26H. The van der Waals surface area contributed by atoms with Crippen LogP contribution in [0.2, 0.25) is 0 Å². The molecular formula is C28H18O5. The summed E-state index contributed by atoms with van der Waals surface area (Å²) >= 11 is 0. The van der Waals surface area contributed by atoms with E-state index < -0.39 is 12.2 Å². The van der Waals surface area contributed by atoms with Crippen LogP contribution in [-0.4, -0.2) is 11.9 Å². The van der Waals surface area contributed by atoms with E-state index >= 15 is 0 Å². The Labute approximate surface area is 190 Å². The first kappa shape index (κ1) is 19.3. The van der Waals surface area contributed by atoms with Gasteiger partial charge in [0.1, 0.15) is 11.5 Å². The topological polar surface area (TPSA) is 61.8 Å². The predicted octanol–water partition coefficient (Wildman–Crippen LogP) is 6.00. The third-order valence-corrected chi connectivity index (χ3v) is 5.94. The Balaban J connectivity index is 1.28. The van der Waals surface area contributed by atoms with E-state index in [1.54, 1.807) is 24.3 Å². The second kappa shape index (κ2) is 7.64. The molecule has 0 saturated carbocycles. The van der Waals surface area contributed by atoms with E-state index in [-0.39, 0.29) is 11.9 Å². The number of carbonyl (C=O) groups excluding carboxylic acids is 2. The average molecular weight is 434 g/mol. The van der Waals surface area contributed by atoms with Crippen LogP contribution in [-0.2, 0) is 9.47 Å². The Morgan fingerprint density at radius 1 is 0.545 bits per heavy atom. The Morgan fingerprint density at radius 3 is 1.39 bits per heavy atom. The molecule has 0 spiro atoms. The summed E-state index contributed by atoms with van der Waals surface area (Å²) < 4.78 is 17.2. The number of rotatable bonds is 4. The molecular weight excluding hydrogens is 416 g/mol. The number of carbonyl (C=O) groups is 2. The fourth-order valence-electron chi connectivity index (χ4n) is 4.36. The Morgan fingerprint density at radius 2 is 0.970 bits per heavy atom. The van der Waals surface area contributed by atoms with E-state index in [1.807, 2.05) is 72.8 Å². The smallest absolute Gasteiger partial charge is 0.339 e. The maximum Gasteiger partial charge on any atom is 0.339 e. The van der Waals surface area contributed by atoms with Crippen molar-refractivity contribution >= 4 is 11.9 Å². The minimum absolute atomic E-state index is 0.382. The van der Waals surface area contributed by atoms with Gasteiger partial charge in [-0.2, -0.15) is 0 Å². The normalized spacial score (nSPS) is 18.3. The second-order valence-electron chi connectivity index (χ2n) is 7.99. The fraction of sp³-hybridized carbons (Fsp3) is 0.0714. The number of benzene rings is 4. The van der Waals surface area contributed by atoms with Crippen molar-refractivity contribution in [3.63, 3.8) is 0 Å². The molecule has 2 atom stereocenters. The van der Waals surface area contributed by atoms with Crippen LogP contribution in [0.25, 0.3) is 0 Å². The molecule has 2 aliphatic rings. The number of esters is 2. The average Bonchev–Trinajstić information content (AvgIpc) is 3.37. The van der Waals surface area contributed by atoms with Crippen LogP contribution >= 0.6 is 0 Å². The lowest BCUT2D eigenvalue weighted by Gasteiger charge is -2.12. The lowest BCUT2D eigenvalue weighted by Crippen LogP contribution is -1.99. The van der Waals surface area contributed by atoms with Crippen molar-refractivity contribution in [2.75, 3.05) is 0 Å². The van der Waals surface area contributed by atoms with E-state index in [4.69, 9.17) is 14.2 Å². The van der Waals surface area contributed by atoms with E-state index in [2.05, 4.69) is 0 Å². The highest BCUT2D eigenvalue weighted by molar-refractivity contribution is 5.96. The SMILES string of the molecule is O=C1OC(c2ccccc2)c2ccc(Oc3ccc4c(c3)C(=O)OC4c3ccccc3)cc21. The van der Waals surface area contributed by atoms with Gasteiger partial charge in [0.05, 0.1) is 11.1 Å². The summed E-state index contributed by atoms with van der Waals surface area (Å²) in [5.41, 5.74) is 4.41. The molecule has 2 heterocycles. The summed E-state index contributed by atoms with van der Waals surface area (Å²) in [5, 5.41) is 0. The Bertz CT molecular complexity index is 1270. The number of hydrogen-bond donors (Lipinski definition) is 0. The molecule has 0 radical (unpaired) electrons. The van der Waals surface area contributed by atoms with Gasteiger partial charge in [0, 0.05) is 11.1 Å². The van der Waals surface area contributed by atoms with Crippen LogP contribution in [0.1, 0.15) is 55.2 Å². The van der Waals surface area contributed by atoms with Gasteiger partial charge in [-0.3, -0.25) is 0 Å². The minimum atomic E-state index is -0.424. The molecule has 0 aromatic heterocycles. The molecule has 0 amide bonds. The number of ether oxygens (including phenoxy) is 3. The van der Waals surface area contributed by atoms with Gasteiger partial charge in [0.2, 0.25) is 0 Å². The predicted molar refractivity (Wildman–Crippen MR) is 120 cm³/mol. The van der Waals surface area contributed by atoms with Gasteiger partial charge < -0.3 is 14.2 Å². The minimum Gasteiger partial charge on any atom is -0.457 e. The van der Waals surface area contributed by atoms with Crippen molar-refractivity contribution in [3.05, 3.63) is 130 Å². The van der Waals surface area contributed by atoms with Gasteiger partial charge in [0.15, 0.2) is 12.2 Å². The van der Waals surface area contributed by atoms with Gasteiger partial charge in [-0.05, 0) is 35.4 Å². The molecule has 4 aromatic rings. The van der Waals surface area contributed by atoms with E-state index in [1.165, 1.54) is 0 Å². The summed E-state index contributed by atoms with van der Waals surface area (Å²) in [6, 6.07) is 29.9. The molecule has 0 fully saturated rings. The van der Waals surface area contributed by atoms with Crippen LogP contribution in [0.5, 0.6) is 11.5 Å². The summed E-state index contributed by atoms with van der Waals surface area (Å²) in [7, 11) is 0. The Kier molecular flexibility index (Phi) is 4.47.